The average Bonchev–Trinajstić information content (AvgIpc) is 3.63. The van der Waals surface area contributed by atoms with Crippen LogP contribution >= 0.6 is 0 Å². The van der Waals surface area contributed by atoms with E-state index in [4.69, 9.17) is 4.74 Å². The monoisotopic (exact) mass is 478 g/mol. The Balaban J connectivity index is 2.74. The zero-order valence-corrected chi connectivity index (χ0v) is 23.9. The SMILES string of the molecule is C=C(C(=O)OC1CC1)[Si](CCCCCCCC)(CCCCCCCC)CCCCCCCC. The summed E-state index contributed by atoms with van der Waals surface area (Å²) in [5, 5.41) is 0.949. The predicted molar refractivity (Wildman–Crippen MR) is 149 cm³/mol. The number of esters is 1. The topological polar surface area (TPSA) is 26.3 Å². The smallest absolute Gasteiger partial charge is 0.329 e. The van der Waals surface area contributed by atoms with Gasteiger partial charge in [-0.25, -0.2) is 4.79 Å². The zero-order valence-electron chi connectivity index (χ0n) is 22.9. The van der Waals surface area contributed by atoms with Crippen molar-refractivity contribution in [3.05, 3.63) is 11.8 Å². The molecule has 0 saturated heterocycles. The van der Waals surface area contributed by atoms with E-state index in [0.29, 0.717) is 0 Å². The molecule has 2 nitrogen and oxygen atoms in total. The zero-order chi connectivity index (χ0) is 24.2. The van der Waals surface area contributed by atoms with Crippen LogP contribution in [0.3, 0.4) is 0 Å². The molecule has 33 heavy (non-hydrogen) atoms. The van der Waals surface area contributed by atoms with Gasteiger partial charge in [-0.3, -0.25) is 0 Å². The van der Waals surface area contributed by atoms with E-state index in [9.17, 15) is 4.79 Å². The second kappa shape index (κ2) is 19.7. The summed E-state index contributed by atoms with van der Waals surface area (Å²) in [5.41, 5.74) is 0. The fourth-order valence-electron chi connectivity index (χ4n) is 5.18. The lowest BCUT2D eigenvalue weighted by Crippen LogP contribution is -2.40. The first-order valence-electron chi connectivity index (χ1n) is 15.0. The molecular formula is C30H58O2Si. The average molecular weight is 479 g/mol. The van der Waals surface area contributed by atoms with Gasteiger partial charge in [-0.1, -0.05) is 161 Å². The Kier molecular flexibility index (Phi) is 18.2. The molecule has 0 heterocycles. The number of unbranched alkanes of at least 4 members (excludes halogenated alkanes) is 15. The van der Waals surface area contributed by atoms with E-state index < -0.39 is 8.07 Å². The Labute approximate surface area is 208 Å². The molecule has 1 saturated carbocycles. The van der Waals surface area contributed by atoms with Crippen LogP contribution < -0.4 is 0 Å². The van der Waals surface area contributed by atoms with Gasteiger partial charge >= 0.3 is 5.97 Å². The molecule has 1 rings (SSSR count). The van der Waals surface area contributed by atoms with Gasteiger partial charge in [-0.2, -0.15) is 0 Å². The van der Waals surface area contributed by atoms with E-state index in [-0.39, 0.29) is 12.1 Å². The van der Waals surface area contributed by atoms with Crippen LogP contribution in [0.1, 0.15) is 149 Å². The summed E-state index contributed by atoms with van der Waals surface area (Å²) >= 11 is 0. The van der Waals surface area contributed by atoms with E-state index >= 15 is 0 Å². The molecule has 1 fully saturated rings. The molecule has 0 N–H and O–H groups in total. The molecule has 0 aromatic heterocycles. The van der Waals surface area contributed by atoms with E-state index in [1.165, 1.54) is 134 Å². The highest BCUT2D eigenvalue weighted by Gasteiger charge is 2.40. The largest absolute Gasteiger partial charge is 0.459 e. The Morgan fingerprint density at radius 3 is 1.30 bits per heavy atom. The second-order valence-electron chi connectivity index (χ2n) is 10.9. The van der Waals surface area contributed by atoms with Crippen molar-refractivity contribution >= 4 is 14.0 Å². The molecule has 194 valence electrons. The first-order chi connectivity index (χ1) is 16.1. The predicted octanol–water partition coefficient (Wildman–Crippen LogP) is 10.3. The molecule has 0 bridgehead atoms. The first kappa shape index (κ1) is 30.5. The summed E-state index contributed by atoms with van der Waals surface area (Å²) in [6, 6.07) is 3.80. The van der Waals surface area contributed by atoms with E-state index in [1.807, 2.05) is 0 Å². The van der Waals surface area contributed by atoms with Crippen LogP contribution in [-0.2, 0) is 9.53 Å². The van der Waals surface area contributed by atoms with Gasteiger partial charge in [0.1, 0.15) is 6.10 Å². The molecule has 0 aromatic rings. The summed E-state index contributed by atoms with van der Waals surface area (Å²) in [6.07, 6.45) is 26.3. The van der Waals surface area contributed by atoms with E-state index in [1.54, 1.807) is 0 Å². The second-order valence-corrected chi connectivity index (χ2v) is 15.6. The summed E-state index contributed by atoms with van der Waals surface area (Å²) < 4.78 is 5.80. The van der Waals surface area contributed by atoms with Gasteiger partial charge in [-0.15, -0.1) is 0 Å². The maximum atomic E-state index is 13.1. The van der Waals surface area contributed by atoms with Gasteiger partial charge in [-0.05, 0) is 12.8 Å². The Morgan fingerprint density at radius 1 is 0.636 bits per heavy atom. The maximum Gasteiger partial charge on any atom is 0.329 e. The lowest BCUT2D eigenvalue weighted by Gasteiger charge is -2.33. The molecule has 0 aliphatic heterocycles. The van der Waals surface area contributed by atoms with Crippen LogP contribution in [0.4, 0.5) is 0 Å². The minimum absolute atomic E-state index is 0.0212. The van der Waals surface area contributed by atoms with Crippen molar-refractivity contribution in [2.45, 2.75) is 173 Å². The lowest BCUT2D eigenvalue weighted by molar-refractivity contribution is -0.139. The van der Waals surface area contributed by atoms with Crippen molar-refractivity contribution in [3.8, 4) is 0 Å². The number of hydrogen-bond acceptors (Lipinski definition) is 2. The fraction of sp³-hybridized carbons (Fsp3) is 0.900. The molecule has 0 unspecified atom stereocenters. The van der Waals surface area contributed by atoms with Gasteiger partial charge in [0.2, 0.25) is 0 Å². The van der Waals surface area contributed by atoms with Crippen LogP contribution in [0.5, 0.6) is 0 Å². The van der Waals surface area contributed by atoms with Crippen LogP contribution in [0.15, 0.2) is 11.8 Å². The summed E-state index contributed by atoms with van der Waals surface area (Å²) in [6.45, 7) is 11.3. The van der Waals surface area contributed by atoms with E-state index in [2.05, 4.69) is 27.4 Å². The standard InChI is InChI=1S/C30H58O2Si/c1-5-8-11-14-17-20-25-33(26-21-18-15-12-9-6-2,27-22-19-16-13-10-7-3)28(4)30(31)32-29-23-24-29/h29H,4-27H2,1-3H3. The number of carbonyl (C=O) groups excluding carboxylic acids is 1. The first-order valence-corrected chi connectivity index (χ1v) is 17.6. The van der Waals surface area contributed by atoms with Crippen LogP contribution in [0.2, 0.25) is 18.1 Å². The van der Waals surface area contributed by atoms with Gasteiger partial charge in [0.15, 0.2) is 0 Å². The summed E-state index contributed by atoms with van der Waals surface area (Å²) in [5.74, 6) is -0.0212. The number of hydrogen-bond donors (Lipinski definition) is 0. The lowest BCUT2D eigenvalue weighted by atomic mass is 10.1. The molecule has 0 atom stereocenters. The Bertz CT molecular complexity index is 457. The maximum absolute atomic E-state index is 13.1. The fourth-order valence-corrected chi connectivity index (χ4v) is 10.1. The molecule has 0 radical (unpaired) electrons. The van der Waals surface area contributed by atoms with Crippen molar-refractivity contribution in [2.75, 3.05) is 0 Å². The minimum atomic E-state index is -1.88. The van der Waals surface area contributed by atoms with Crippen LogP contribution in [0.25, 0.3) is 0 Å². The highest BCUT2D eigenvalue weighted by atomic mass is 28.3. The third kappa shape index (κ3) is 14.4. The number of ether oxygens (including phenoxy) is 1. The van der Waals surface area contributed by atoms with Crippen LogP contribution in [-0.4, -0.2) is 20.1 Å². The van der Waals surface area contributed by atoms with Crippen molar-refractivity contribution < 1.29 is 9.53 Å². The highest BCUT2D eigenvalue weighted by Crippen LogP contribution is 2.37. The summed E-state index contributed by atoms with van der Waals surface area (Å²) in [4.78, 5) is 13.1. The molecule has 1 aliphatic carbocycles. The van der Waals surface area contributed by atoms with Crippen molar-refractivity contribution in [1.82, 2.24) is 0 Å². The van der Waals surface area contributed by atoms with Crippen LogP contribution in [0, 0.1) is 0 Å². The molecular weight excluding hydrogens is 420 g/mol. The van der Waals surface area contributed by atoms with Crippen molar-refractivity contribution in [2.24, 2.45) is 0 Å². The van der Waals surface area contributed by atoms with Gasteiger partial charge in [0.25, 0.3) is 0 Å². The molecule has 0 aromatic carbocycles. The molecule has 0 amide bonds. The molecule has 3 heteroatoms. The van der Waals surface area contributed by atoms with Gasteiger partial charge in [0.05, 0.1) is 8.07 Å². The van der Waals surface area contributed by atoms with Crippen molar-refractivity contribution in [1.29, 1.82) is 0 Å². The third-order valence-electron chi connectivity index (χ3n) is 7.71. The molecule has 0 spiro atoms. The quantitative estimate of drug-likeness (QED) is 0.0596. The van der Waals surface area contributed by atoms with Crippen molar-refractivity contribution in [3.63, 3.8) is 0 Å². The highest BCUT2D eigenvalue weighted by molar-refractivity contribution is 6.90. The summed E-state index contributed by atoms with van der Waals surface area (Å²) in [7, 11) is -1.88. The molecule has 1 aliphatic rings. The van der Waals surface area contributed by atoms with Gasteiger partial charge in [0, 0.05) is 5.20 Å². The van der Waals surface area contributed by atoms with E-state index in [0.717, 1.165) is 18.0 Å². The Hall–Kier alpha value is -0.573. The Morgan fingerprint density at radius 2 is 0.970 bits per heavy atom. The number of carbonyl (C=O) groups is 1. The minimum Gasteiger partial charge on any atom is -0.459 e. The number of rotatable bonds is 24. The normalized spacial score (nSPS) is 13.9. The van der Waals surface area contributed by atoms with Gasteiger partial charge < -0.3 is 4.74 Å². The third-order valence-corrected chi connectivity index (χ3v) is 13.1.